The van der Waals surface area contributed by atoms with Gasteiger partial charge in [-0.05, 0) is 68.2 Å². The Bertz CT molecular complexity index is 2010. The van der Waals surface area contributed by atoms with Gasteiger partial charge in [-0.3, -0.25) is 19.8 Å². The standard InChI is InChI=1S/C42H50N8O7S/c43-40(44)45-22-12-18-32(36(51)38-47-31-17-8-9-19-35(31)58-38)46-37(52)34-25-30(57-42(55)49-23-10-3-11-24-49)26-50(34)39(53)33(21-20-28-13-4-1-5-14-28)48-41(54)56-27-29-15-6-2-7-16-29/h1-2,4-9,13-17,19,30,32-34H,3,10-12,18,20-27H2,(H,46,52)(H,48,54)(H4,43,44,45)/t30-,32+,33-,34+/m1/s1. The zero-order chi connectivity index (χ0) is 40.9. The van der Waals surface area contributed by atoms with Crippen molar-refractivity contribution in [2.24, 2.45) is 5.73 Å². The van der Waals surface area contributed by atoms with Crippen molar-refractivity contribution in [2.75, 3.05) is 26.2 Å². The van der Waals surface area contributed by atoms with E-state index in [1.807, 2.05) is 78.9 Å². The van der Waals surface area contributed by atoms with E-state index in [1.54, 1.807) is 11.0 Å². The Morgan fingerprint density at radius 3 is 2.26 bits per heavy atom. The predicted octanol–water partition coefficient (Wildman–Crippen LogP) is 4.75. The van der Waals surface area contributed by atoms with Crippen LogP contribution in [0.4, 0.5) is 9.59 Å². The van der Waals surface area contributed by atoms with Gasteiger partial charge in [0.2, 0.25) is 17.6 Å². The quantitative estimate of drug-likeness (QED) is 0.0454. The van der Waals surface area contributed by atoms with Crippen LogP contribution >= 0.6 is 11.3 Å². The zero-order valence-electron chi connectivity index (χ0n) is 32.3. The van der Waals surface area contributed by atoms with E-state index < -0.39 is 54.0 Å². The molecule has 4 amide bonds. The average Bonchev–Trinajstić information content (AvgIpc) is 3.88. The number of alkyl carbamates (subject to hydrolysis) is 1. The number of nitrogens with one attached hydrogen (secondary N) is 4. The van der Waals surface area contributed by atoms with Gasteiger partial charge in [-0.25, -0.2) is 14.6 Å². The first kappa shape index (κ1) is 41.6. The Labute approximate surface area is 341 Å². The van der Waals surface area contributed by atoms with E-state index >= 15 is 0 Å². The van der Waals surface area contributed by atoms with E-state index in [0.29, 0.717) is 31.4 Å². The molecule has 6 N–H and O–H groups in total. The molecule has 2 aliphatic heterocycles. The number of piperidine rings is 1. The third-order valence-corrected chi connectivity index (χ3v) is 11.3. The van der Waals surface area contributed by atoms with Crippen LogP contribution in [-0.2, 0) is 32.1 Å². The van der Waals surface area contributed by atoms with Crippen LogP contribution < -0.4 is 21.7 Å². The van der Waals surface area contributed by atoms with Gasteiger partial charge < -0.3 is 41.0 Å². The Morgan fingerprint density at radius 1 is 0.862 bits per heavy atom. The molecule has 2 fully saturated rings. The number of carbonyl (C=O) groups excluding carboxylic acids is 5. The highest BCUT2D eigenvalue weighted by Crippen LogP contribution is 2.27. The van der Waals surface area contributed by atoms with Gasteiger partial charge >= 0.3 is 12.2 Å². The van der Waals surface area contributed by atoms with Crippen LogP contribution in [0.1, 0.15) is 65.9 Å². The number of hydrogen-bond donors (Lipinski definition) is 5. The number of nitrogens with two attached hydrogens (primary N) is 1. The Hall–Kier alpha value is -6.03. The van der Waals surface area contributed by atoms with Crippen LogP contribution in [0.5, 0.6) is 0 Å². The number of fused-ring (bicyclic) bond motifs is 1. The molecule has 16 heteroatoms. The number of carbonyl (C=O) groups is 5. The van der Waals surface area contributed by atoms with E-state index in [1.165, 1.54) is 16.2 Å². The first-order chi connectivity index (χ1) is 28.1. The van der Waals surface area contributed by atoms with Gasteiger partial charge in [-0.1, -0.05) is 72.8 Å². The van der Waals surface area contributed by atoms with Crippen LogP contribution in [0, 0.1) is 5.41 Å². The van der Waals surface area contributed by atoms with Gasteiger partial charge in [0.05, 0.1) is 22.8 Å². The monoisotopic (exact) mass is 810 g/mol. The lowest BCUT2D eigenvalue weighted by atomic mass is 10.0. The number of amides is 4. The van der Waals surface area contributed by atoms with Crippen molar-refractivity contribution in [3.05, 3.63) is 101 Å². The fourth-order valence-electron chi connectivity index (χ4n) is 7.18. The molecule has 0 aliphatic carbocycles. The first-order valence-corrected chi connectivity index (χ1v) is 20.5. The summed E-state index contributed by atoms with van der Waals surface area (Å²) in [5, 5.41) is 16.1. The Balaban J connectivity index is 1.24. The number of para-hydroxylation sites is 1. The lowest BCUT2D eigenvalue weighted by Crippen LogP contribution is -2.55. The maximum Gasteiger partial charge on any atom is 0.410 e. The third-order valence-electron chi connectivity index (χ3n) is 10.2. The fraction of sp³-hybridized carbons (Fsp3) is 0.405. The summed E-state index contributed by atoms with van der Waals surface area (Å²) < 4.78 is 12.2. The molecule has 0 saturated carbocycles. The van der Waals surface area contributed by atoms with Crippen molar-refractivity contribution >= 4 is 57.3 Å². The molecule has 4 atom stereocenters. The number of nitrogens with zero attached hydrogens (tertiary/aromatic N) is 3. The number of rotatable bonds is 16. The zero-order valence-corrected chi connectivity index (χ0v) is 33.1. The number of thiazole rings is 1. The second kappa shape index (κ2) is 20.4. The number of benzene rings is 3. The molecule has 0 bridgehead atoms. The summed E-state index contributed by atoms with van der Waals surface area (Å²) in [6, 6.07) is 22.7. The van der Waals surface area contributed by atoms with Gasteiger partial charge in [-0.2, -0.15) is 0 Å². The molecule has 1 aromatic heterocycles. The second-order valence-corrected chi connectivity index (χ2v) is 15.5. The summed E-state index contributed by atoms with van der Waals surface area (Å²) in [4.78, 5) is 77.1. The van der Waals surface area contributed by atoms with Crippen molar-refractivity contribution < 1.29 is 33.4 Å². The van der Waals surface area contributed by atoms with Crippen LogP contribution in [-0.4, -0.2) is 101 Å². The van der Waals surface area contributed by atoms with Crippen molar-refractivity contribution in [2.45, 2.75) is 82.2 Å². The topological polar surface area (TPSA) is 209 Å². The molecule has 15 nitrogen and oxygen atoms in total. The Kier molecular flexibility index (Phi) is 14.6. The average molecular weight is 811 g/mol. The molecule has 6 rings (SSSR count). The maximum absolute atomic E-state index is 14.6. The number of aryl methyl sites for hydroxylation is 1. The minimum Gasteiger partial charge on any atom is -0.445 e. The predicted molar refractivity (Wildman–Crippen MR) is 219 cm³/mol. The van der Waals surface area contributed by atoms with Crippen molar-refractivity contribution in [1.29, 1.82) is 5.41 Å². The summed E-state index contributed by atoms with van der Waals surface area (Å²) in [5.41, 5.74) is 7.84. The molecule has 0 spiro atoms. The number of Topliss-reactive ketones (excluding diaryl/α,β-unsaturated/α-hetero) is 1. The summed E-state index contributed by atoms with van der Waals surface area (Å²) >= 11 is 1.22. The molecule has 0 unspecified atom stereocenters. The molecule has 58 heavy (non-hydrogen) atoms. The van der Waals surface area contributed by atoms with Crippen LogP contribution in [0.25, 0.3) is 10.2 Å². The molecule has 2 aliphatic rings. The van der Waals surface area contributed by atoms with Crippen LogP contribution in [0.2, 0.25) is 0 Å². The number of aromatic nitrogens is 1. The normalized spacial score (nSPS) is 17.5. The number of ketones is 1. The smallest absolute Gasteiger partial charge is 0.410 e. The van der Waals surface area contributed by atoms with E-state index in [2.05, 4.69) is 20.9 Å². The summed E-state index contributed by atoms with van der Waals surface area (Å²) in [7, 11) is 0. The van der Waals surface area contributed by atoms with Gasteiger partial charge in [0.15, 0.2) is 11.0 Å². The van der Waals surface area contributed by atoms with E-state index in [-0.39, 0.29) is 49.9 Å². The minimum atomic E-state index is -1.14. The Morgan fingerprint density at radius 2 is 1.55 bits per heavy atom. The largest absolute Gasteiger partial charge is 0.445 e. The summed E-state index contributed by atoms with van der Waals surface area (Å²) in [5.74, 6) is -1.78. The van der Waals surface area contributed by atoms with E-state index in [4.69, 9.17) is 20.6 Å². The summed E-state index contributed by atoms with van der Waals surface area (Å²) in [6.45, 7) is 1.29. The SMILES string of the molecule is N=C(N)NCCC[C@H](NC(=O)[C@@H]1C[C@@H](OC(=O)N2CCCCC2)CN1C(=O)[C@@H](CCc1ccccc1)NC(=O)OCc1ccccc1)C(=O)c1nc2ccccc2s1. The lowest BCUT2D eigenvalue weighted by molar-refractivity contribution is -0.140. The van der Waals surface area contributed by atoms with Gasteiger partial charge in [0.25, 0.3) is 0 Å². The van der Waals surface area contributed by atoms with Crippen LogP contribution in [0.15, 0.2) is 84.9 Å². The highest BCUT2D eigenvalue weighted by molar-refractivity contribution is 7.20. The van der Waals surface area contributed by atoms with E-state index in [0.717, 1.165) is 35.1 Å². The number of guanidine groups is 1. The van der Waals surface area contributed by atoms with E-state index in [9.17, 15) is 24.0 Å². The molecule has 4 aromatic rings. The first-order valence-electron chi connectivity index (χ1n) is 19.7. The maximum atomic E-state index is 14.6. The van der Waals surface area contributed by atoms with Crippen LogP contribution in [0.3, 0.4) is 0 Å². The minimum absolute atomic E-state index is 0.0123. The highest BCUT2D eigenvalue weighted by Gasteiger charge is 2.45. The fourth-order valence-corrected chi connectivity index (χ4v) is 8.14. The lowest BCUT2D eigenvalue weighted by Gasteiger charge is -2.29. The summed E-state index contributed by atoms with van der Waals surface area (Å²) in [6.07, 6.45) is 1.76. The molecular formula is C42H50N8O7S. The highest BCUT2D eigenvalue weighted by atomic mass is 32.1. The molecule has 0 radical (unpaired) electrons. The second-order valence-electron chi connectivity index (χ2n) is 14.5. The van der Waals surface area contributed by atoms with Gasteiger partial charge in [-0.15, -0.1) is 11.3 Å². The molecule has 306 valence electrons. The molecule has 3 heterocycles. The molecular weight excluding hydrogens is 761 g/mol. The van der Waals surface area contributed by atoms with Gasteiger partial charge in [0, 0.05) is 26.1 Å². The van der Waals surface area contributed by atoms with Crippen molar-refractivity contribution in [3.63, 3.8) is 0 Å². The number of ether oxygens (including phenoxy) is 2. The van der Waals surface area contributed by atoms with Crippen molar-refractivity contribution in [3.8, 4) is 0 Å². The third kappa shape index (κ3) is 11.5. The number of hydrogen-bond acceptors (Lipinski definition) is 10. The molecule has 2 saturated heterocycles. The molecule has 3 aromatic carbocycles. The number of likely N-dealkylation sites (tertiary alicyclic amines) is 2. The van der Waals surface area contributed by atoms with Gasteiger partial charge in [0.1, 0.15) is 24.8 Å². The van der Waals surface area contributed by atoms with Crippen molar-refractivity contribution in [1.82, 2.24) is 30.7 Å².